The van der Waals surface area contributed by atoms with Crippen molar-refractivity contribution in [2.45, 2.75) is 0 Å². The van der Waals surface area contributed by atoms with Gasteiger partial charge in [0.15, 0.2) is 0 Å². The van der Waals surface area contributed by atoms with Gasteiger partial charge >= 0.3 is 5.97 Å². The lowest BCUT2D eigenvalue weighted by Crippen LogP contribution is -2.02. The number of hydrogen-bond donors (Lipinski definition) is 2. The molecule has 0 aromatic heterocycles. The van der Waals surface area contributed by atoms with E-state index in [9.17, 15) is 4.79 Å². The third-order valence-corrected chi connectivity index (χ3v) is 2.18. The van der Waals surface area contributed by atoms with Gasteiger partial charge in [-0.25, -0.2) is 4.79 Å². The average Bonchev–Trinajstić information content (AvgIpc) is 2.17. The Morgan fingerprint density at radius 2 is 1.80 bits per heavy atom. The van der Waals surface area contributed by atoms with Crippen molar-refractivity contribution in [1.82, 2.24) is 0 Å². The monoisotopic (exact) mass is 223 g/mol. The molecule has 0 amide bonds. The lowest BCUT2D eigenvalue weighted by atomic mass is 10.0. The standard InChI is InChI=1S/C11H9NO2.ClH/c12-9-6-5-7-3-1-2-4-8(7)10(9)11(13)14;/h1-6H,12H2,(H,13,14);1H. The highest BCUT2D eigenvalue weighted by Gasteiger charge is 2.11. The molecule has 0 atom stereocenters. The third kappa shape index (κ3) is 1.87. The van der Waals surface area contributed by atoms with Crippen LogP contribution >= 0.6 is 12.4 Å². The SMILES string of the molecule is Cl.Nc1ccc2ccccc2c1C(=O)O. The smallest absolute Gasteiger partial charge is 0.338 e. The summed E-state index contributed by atoms with van der Waals surface area (Å²) in [6.07, 6.45) is 0. The number of nitrogen functional groups attached to an aromatic ring is 1. The molecule has 0 aliphatic rings. The Hall–Kier alpha value is -1.74. The van der Waals surface area contributed by atoms with Gasteiger partial charge in [0.05, 0.1) is 5.56 Å². The number of benzene rings is 2. The molecule has 0 bridgehead atoms. The molecule has 0 saturated heterocycles. The molecule has 2 aromatic rings. The van der Waals surface area contributed by atoms with Gasteiger partial charge in [-0.15, -0.1) is 12.4 Å². The summed E-state index contributed by atoms with van der Waals surface area (Å²) in [5, 5.41) is 10.6. The molecule has 3 N–H and O–H groups in total. The van der Waals surface area contributed by atoms with Crippen LogP contribution in [-0.4, -0.2) is 11.1 Å². The molecule has 78 valence electrons. The van der Waals surface area contributed by atoms with Gasteiger partial charge in [0.2, 0.25) is 0 Å². The van der Waals surface area contributed by atoms with E-state index in [1.54, 1.807) is 18.2 Å². The fourth-order valence-electron chi connectivity index (χ4n) is 1.53. The number of aromatic carboxylic acids is 1. The predicted octanol–water partition coefficient (Wildman–Crippen LogP) is 2.54. The summed E-state index contributed by atoms with van der Waals surface area (Å²) in [7, 11) is 0. The Kier molecular flexibility index (Phi) is 3.17. The van der Waals surface area contributed by atoms with Crippen LogP contribution in [0.4, 0.5) is 5.69 Å². The van der Waals surface area contributed by atoms with Crippen molar-refractivity contribution < 1.29 is 9.90 Å². The van der Waals surface area contributed by atoms with Crippen LogP contribution in [0.2, 0.25) is 0 Å². The molecule has 2 aromatic carbocycles. The number of nitrogens with two attached hydrogens (primary N) is 1. The summed E-state index contributed by atoms with van der Waals surface area (Å²) in [5.74, 6) is -0.987. The highest BCUT2D eigenvalue weighted by atomic mass is 35.5. The highest BCUT2D eigenvalue weighted by Crippen LogP contribution is 2.23. The Bertz CT molecular complexity index is 511. The first-order valence-electron chi connectivity index (χ1n) is 4.20. The zero-order chi connectivity index (χ0) is 10.1. The van der Waals surface area contributed by atoms with Gasteiger partial charge < -0.3 is 10.8 Å². The maximum absolute atomic E-state index is 11.0. The van der Waals surface area contributed by atoms with Crippen molar-refractivity contribution in [3.05, 3.63) is 42.0 Å². The zero-order valence-electron chi connectivity index (χ0n) is 7.81. The topological polar surface area (TPSA) is 63.3 Å². The van der Waals surface area contributed by atoms with Gasteiger partial charge in [0, 0.05) is 5.69 Å². The second kappa shape index (κ2) is 4.19. The number of hydrogen-bond acceptors (Lipinski definition) is 2. The molecule has 0 fully saturated rings. The van der Waals surface area contributed by atoms with Crippen LogP contribution in [0.1, 0.15) is 10.4 Å². The highest BCUT2D eigenvalue weighted by molar-refractivity contribution is 6.08. The molecule has 0 aliphatic carbocycles. The minimum absolute atomic E-state index is 0. The summed E-state index contributed by atoms with van der Waals surface area (Å²) in [6, 6.07) is 10.7. The summed E-state index contributed by atoms with van der Waals surface area (Å²) in [5.41, 5.74) is 6.09. The largest absolute Gasteiger partial charge is 0.478 e. The van der Waals surface area contributed by atoms with Crippen LogP contribution in [0.15, 0.2) is 36.4 Å². The van der Waals surface area contributed by atoms with Crippen LogP contribution in [0.3, 0.4) is 0 Å². The van der Waals surface area contributed by atoms with Crippen LogP contribution in [0.5, 0.6) is 0 Å². The van der Waals surface area contributed by atoms with E-state index in [0.29, 0.717) is 11.1 Å². The van der Waals surface area contributed by atoms with E-state index in [-0.39, 0.29) is 18.0 Å². The van der Waals surface area contributed by atoms with Crippen LogP contribution in [0, 0.1) is 0 Å². The number of carboxylic acid groups (broad SMARTS) is 1. The molecule has 2 rings (SSSR count). The fraction of sp³-hybridized carbons (Fsp3) is 0. The molecule has 4 heteroatoms. The Morgan fingerprint density at radius 1 is 1.13 bits per heavy atom. The van der Waals surface area contributed by atoms with Crippen LogP contribution in [-0.2, 0) is 0 Å². The molecule has 15 heavy (non-hydrogen) atoms. The number of carbonyl (C=O) groups is 1. The second-order valence-electron chi connectivity index (χ2n) is 3.06. The normalized spacial score (nSPS) is 9.60. The first-order valence-corrected chi connectivity index (χ1v) is 4.20. The number of carboxylic acids is 1. The molecular formula is C11H10ClNO2. The number of fused-ring (bicyclic) bond motifs is 1. The Balaban J connectivity index is 0.00000112. The first kappa shape index (κ1) is 11.3. The van der Waals surface area contributed by atoms with E-state index in [1.807, 2.05) is 18.2 Å². The minimum atomic E-state index is -0.987. The molecule has 0 saturated carbocycles. The van der Waals surface area contributed by atoms with E-state index >= 15 is 0 Å². The zero-order valence-corrected chi connectivity index (χ0v) is 8.62. The third-order valence-electron chi connectivity index (χ3n) is 2.18. The molecule has 0 heterocycles. The molecular weight excluding hydrogens is 214 g/mol. The summed E-state index contributed by atoms with van der Waals surface area (Å²) in [4.78, 5) is 11.0. The fourth-order valence-corrected chi connectivity index (χ4v) is 1.53. The predicted molar refractivity (Wildman–Crippen MR) is 62.6 cm³/mol. The number of halogens is 1. The quantitative estimate of drug-likeness (QED) is 0.731. The van der Waals surface area contributed by atoms with Gasteiger partial charge in [-0.1, -0.05) is 30.3 Å². The number of anilines is 1. The van der Waals surface area contributed by atoms with E-state index in [0.717, 1.165) is 5.39 Å². The lowest BCUT2D eigenvalue weighted by molar-refractivity contribution is 0.0700. The summed E-state index contributed by atoms with van der Waals surface area (Å²) >= 11 is 0. The molecule has 0 unspecified atom stereocenters. The Morgan fingerprint density at radius 3 is 2.47 bits per heavy atom. The maximum Gasteiger partial charge on any atom is 0.338 e. The van der Waals surface area contributed by atoms with Crippen molar-refractivity contribution >= 4 is 34.8 Å². The first-order chi connectivity index (χ1) is 6.70. The van der Waals surface area contributed by atoms with E-state index in [4.69, 9.17) is 10.8 Å². The van der Waals surface area contributed by atoms with E-state index < -0.39 is 5.97 Å². The minimum Gasteiger partial charge on any atom is -0.478 e. The van der Waals surface area contributed by atoms with Crippen LogP contribution < -0.4 is 5.73 Å². The van der Waals surface area contributed by atoms with Crippen molar-refractivity contribution in [3.8, 4) is 0 Å². The molecule has 0 radical (unpaired) electrons. The molecule has 0 spiro atoms. The maximum atomic E-state index is 11.0. The van der Waals surface area contributed by atoms with Crippen LogP contribution in [0.25, 0.3) is 10.8 Å². The second-order valence-corrected chi connectivity index (χ2v) is 3.06. The number of rotatable bonds is 1. The van der Waals surface area contributed by atoms with Gasteiger partial charge in [0.25, 0.3) is 0 Å². The van der Waals surface area contributed by atoms with Crippen molar-refractivity contribution in [3.63, 3.8) is 0 Å². The van der Waals surface area contributed by atoms with Crippen molar-refractivity contribution in [2.75, 3.05) is 5.73 Å². The van der Waals surface area contributed by atoms with Gasteiger partial charge in [-0.3, -0.25) is 0 Å². The van der Waals surface area contributed by atoms with Gasteiger partial charge in [-0.2, -0.15) is 0 Å². The molecule has 0 aliphatic heterocycles. The molecule has 3 nitrogen and oxygen atoms in total. The average molecular weight is 224 g/mol. The Labute approximate surface area is 92.9 Å². The summed E-state index contributed by atoms with van der Waals surface area (Å²) in [6.45, 7) is 0. The lowest BCUT2D eigenvalue weighted by Gasteiger charge is -2.04. The van der Waals surface area contributed by atoms with Gasteiger partial charge in [-0.05, 0) is 16.8 Å². The van der Waals surface area contributed by atoms with E-state index in [2.05, 4.69) is 0 Å². The van der Waals surface area contributed by atoms with Crippen molar-refractivity contribution in [1.29, 1.82) is 0 Å². The summed E-state index contributed by atoms with van der Waals surface area (Å²) < 4.78 is 0. The van der Waals surface area contributed by atoms with Crippen molar-refractivity contribution in [2.24, 2.45) is 0 Å². The van der Waals surface area contributed by atoms with Gasteiger partial charge in [0.1, 0.15) is 0 Å². The van der Waals surface area contributed by atoms with E-state index in [1.165, 1.54) is 0 Å².